The Kier molecular flexibility index (Phi) is 5.49. The van der Waals surface area contributed by atoms with E-state index in [1.807, 2.05) is 13.8 Å². The summed E-state index contributed by atoms with van der Waals surface area (Å²) in [4.78, 5) is 0. The van der Waals surface area contributed by atoms with Crippen LogP contribution in [0, 0.1) is 0 Å². The fraction of sp³-hybridized carbons (Fsp3) is 0.833. The van der Waals surface area contributed by atoms with Gasteiger partial charge in [-0.15, -0.1) is 10.2 Å². The van der Waals surface area contributed by atoms with E-state index in [1.165, 1.54) is 0 Å². The molecule has 0 fully saturated rings. The van der Waals surface area contributed by atoms with Crippen molar-refractivity contribution in [2.45, 2.75) is 70.5 Å². The van der Waals surface area contributed by atoms with Gasteiger partial charge in [0.15, 0.2) is 0 Å². The van der Waals surface area contributed by atoms with Gasteiger partial charge in [0.25, 0.3) is 15.2 Å². The van der Waals surface area contributed by atoms with Crippen LogP contribution in [-0.2, 0) is 10.0 Å². The van der Waals surface area contributed by atoms with Crippen LogP contribution < -0.4 is 5.14 Å². The third-order valence-electron chi connectivity index (χ3n) is 3.23. The summed E-state index contributed by atoms with van der Waals surface area (Å²) in [5.74, 6) is 0.959. The molecule has 1 rings (SSSR count). The fourth-order valence-corrected chi connectivity index (χ4v) is 2.95. The quantitative estimate of drug-likeness (QED) is 0.832. The first-order valence-corrected chi connectivity index (χ1v) is 8.35. The molecule has 7 heteroatoms. The molecule has 1 heterocycles. The second kappa shape index (κ2) is 6.47. The minimum Gasteiger partial charge on any atom is -0.298 e. The van der Waals surface area contributed by atoms with Crippen molar-refractivity contribution < 1.29 is 8.42 Å². The molecule has 0 saturated heterocycles. The summed E-state index contributed by atoms with van der Waals surface area (Å²) in [5, 5.41) is 12.9. The van der Waals surface area contributed by atoms with Gasteiger partial charge >= 0.3 is 0 Å². The zero-order valence-electron chi connectivity index (χ0n) is 12.1. The molecule has 1 atom stereocenters. The summed E-state index contributed by atoms with van der Waals surface area (Å²) in [6.07, 6.45) is 4.10. The van der Waals surface area contributed by atoms with Gasteiger partial charge in [0.1, 0.15) is 5.82 Å². The van der Waals surface area contributed by atoms with Gasteiger partial charge in [0, 0.05) is 12.0 Å². The van der Waals surface area contributed by atoms with E-state index in [0.29, 0.717) is 0 Å². The van der Waals surface area contributed by atoms with Crippen LogP contribution in [0.5, 0.6) is 0 Å². The van der Waals surface area contributed by atoms with Crippen molar-refractivity contribution in [3.63, 3.8) is 0 Å². The van der Waals surface area contributed by atoms with E-state index in [0.717, 1.165) is 31.5 Å². The number of nitrogens with zero attached hydrogens (tertiary/aromatic N) is 3. The minimum absolute atomic E-state index is 0.0333. The standard InChI is InChI=1S/C12H24N4O2S/c1-5-7-8-10(6-2)11-14-15-12(19(13,17)18)16(11)9(3)4/h9-10H,5-8H2,1-4H3,(H2,13,17,18). The molecule has 0 radical (unpaired) electrons. The first-order chi connectivity index (χ1) is 8.82. The highest BCUT2D eigenvalue weighted by Gasteiger charge is 2.26. The molecule has 1 unspecified atom stereocenters. The molecule has 1 aromatic heterocycles. The van der Waals surface area contributed by atoms with Crippen LogP contribution in [0.1, 0.15) is 71.2 Å². The molecule has 0 amide bonds. The highest BCUT2D eigenvalue weighted by atomic mass is 32.2. The second-order valence-electron chi connectivity index (χ2n) is 5.10. The summed E-state index contributed by atoms with van der Waals surface area (Å²) in [6, 6.07) is -0.0333. The van der Waals surface area contributed by atoms with Gasteiger partial charge in [-0.05, 0) is 26.7 Å². The Morgan fingerprint density at radius 2 is 1.89 bits per heavy atom. The molecule has 0 bridgehead atoms. The number of aromatic nitrogens is 3. The van der Waals surface area contributed by atoms with Crippen LogP contribution in [0.15, 0.2) is 5.16 Å². The molecule has 0 aromatic carbocycles. The second-order valence-corrected chi connectivity index (χ2v) is 6.55. The van der Waals surface area contributed by atoms with E-state index >= 15 is 0 Å². The van der Waals surface area contributed by atoms with Gasteiger partial charge in [-0.2, -0.15) is 0 Å². The van der Waals surface area contributed by atoms with E-state index in [1.54, 1.807) is 4.57 Å². The Hall–Kier alpha value is -0.950. The largest absolute Gasteiger partial charge is 0.298 e. The van der Waals surface area contributed by atoms with Crippen molar-refractivity contribution in [3.8, 4) is 0 Å². The van der Waals surface area contributed by atoms with Gasteiger partial charge in [0.2, 0.25) is 0 Å². The summed E-state index contributed by atoms with van der Waals surface area (Å²) < 4.78 is 24.8. The maximum atomic E-state index is 11.6. The molecule has 0 saturated carbocycles. The van der Waals surface area contributed by atoms with Gasteiger partial charge in [0.05, 0.1) is 0 Å². The lowest BCUT2D eigenvalue weighted by Gasteiger charge is -2.18. The number of nitrogens with two attached hydrogens (primary N) is 1. The summed E-state index contributed by atoms with van der Waals surface area (Å²) in [7, 11) is -3.83. The average Bonchev–Trinajstić information content (AvgIpc) is 2.74. The first kappa shape index (κ1) is 16.1. The SMILES string of the molecule is CCCCC(CC)c1nnc(S(N)(=O)=O)n1C(C)C. The first-order valence-electron chi connectivity index (χ1n) is 6.80. The lowest BCUT2D eigenvalue weighted by atomic mass is 9.98. The van der Waals surface area contributed by atoms with Crippen molar-refractivity contribution in [2.75, 3.05) is 0 Å². The topological polar surface area (TPSA) is 90.9 Å². The Balaban J connectivity index is 3.24. The number of primary sulfonamides is 1. The van der Waals surface area contributed by atoms with Crippen molar-refractivity contribution in [3.05, 3.63) is 5.82 Å². The molecule has 110 valence electrons. The number of rotatable bonds is 7. The van der Waals surface area contributed by atoms with Crippen molar-refractivity contribution >= 4 is 10.0 Å². The highest BCUT2D eigenvalue weighted by Crippen LogP contribution is 2.27. The van der Waals surface area contributed by atoms with Crippen LogP contribution in [0.2, 0.25) is 0 Å². The van der Waals surface area contributed by atoms with Gasteiger partial charge < -0.3 is 0 Å². The van der Waals surface area contributed by atoms with Crippen LogP contribution in [0.4, 0.5) is 0 Å². The minimum atomic E-state index is -3.83. The van der Waals surface area contributed by atoms with Crippen molar-refractivity contribution in [2.24, 2.45) is 5.14 Å². The molecule has 19 heavy (non-hydrogen) atoms. The lowest BCUT2D eigenvalue weighted by Crippen LogP contribution is -2.21. The predicted molar refractivity (Wildman–Crippen MR) is 74.3 cm³/mol. The van der Waals surface area contributed by atoms with E-state index in [4.69, 9.17) is 5.14 Å². The third kappa shape index (κ3) is 3.76. The Labute approximate surface area is 115 Å². The van der Waals surface area contributed by atoms with Crippen LogP contribution in [-0.4, -0.2) is 23.2 Å². The predicted octanol–water partition coefficient (Wildman–Crippen LogP) is 2.19. The molecular formula is C12H24N4O2S. The molecule has 0 spiro atoms. The maximum Gasteiger partial charge on any atom is 0.273 e. The van der Waals surface area contributed by atoms with Gasteiger partial charge in [-0.25, -0.2) is 13.6 Å². The number of sulfonamides is 1. The van der Waals surface area contributed by atoms with Gasteiger partial charge in [-0.1, -0.05) is 26.7 Å². The molecule has 0 aliphatic rings. The summed E-state index contributed by atoms with van der Waals surface area (Å²) in [5.41, 5.74) is 0. The number of hydrogen-bond donors (Lipinski definition) is 1. The molecule has 0 aliphatic carbocycles. The van der Waals surface area contributed by atoms with E-state index in [9.17, 15) is 8.42 Å². The van der Waals surface area contributed by atoms with E-state index in [-0.39, 0.29) is 17.1 Å². The summed E-state index contributed by atoms with van der Waals surface area (Å²) in [6.45, 7) is 8.04. The number of hydrogen-bond acceptors (Lipinski definition) is 4. The number of unbranched alkanes of at least 4 members (excludes halogenated alkanes) is 1. The Bertz CT molecular complexity index is 508. The Morgan fingerprint density at radius 3 is 2.32 bits per heavy atom. The highest BCUT2D eigenvalue weighted by molar-refractivity contribution is 7.89. The average molecular weight is 288 g/mol. The van der Waals surface area contributed by atoms with Crippen LogP contribution in [0.3, 0.4) is 0 Å². The van der Waals surface area contributed by atoms with Gasteiger partial charge in [-0.3, -0.25) is 4.57 Å². The zero-order valence-corrected chi connectivity index (χ0v) is 12.9. The fourth-order valence-electron chi connectivity index (χ4n) is 2.21. The van der Waals surface area contributed by atoms with Crippen molar-refractivity contribution in [1.82, 2.24) is 14.8 Å². The normalized spacial score (nSPS) is 14.0. The van der Waals surface area contributed by atoms with E-state index < -0.39 is 10.0 Å². The monoisotopic (exact) mass is 288 g/mol. The third-order valence-corrected chi connectivity index (χ3v) is 4.01. The van der Waals surface area contributed by atoms with Crippen LogP contribution in [0.25, 0.3) is 0 Å². The molecule has 1 aromatic rings. The summed E-state index contributed by atoms with van der Waals surface area (Å²) >= 11 is 0. The zero-order chi connectivity index (χ0) is 14.6. The smallest absolute Gasteiger partial charge is 0.273 e. The molecule has 0 aliphatic heterocycles. The lowest BCUT2D eigenvalue weighted by molar-refractivity contribution is 0.458. The Morgan fingerprint density at radius 1 is 1.26 bits per heavy atom. The van der Waals surface area contributed by atoms with Crippen LogP contribution >= 0.6 is 0 Å². The maximum absolute atomic E-state index is 11.6. The molecule has 2 N–H and O–H groups in total. The van der Waals surface area contributed by atoms with Crippen molar-refractivity contribution in [1.29, 1.82) is 0 Å². The molecule has 6 nitrogen and oxygen atoms in total. The molecular weight excluding hydrogens is 264 g/mol. The van der Waals surface area contributed by atoms with E-state index in [2.05, 4.69) is 24.0 Å².